The van der Waals surface area contributed by atoms with Crippen molar-refractivity contribution in [3.8, 4) is 16.3 Å². The molecule has 32 heavy (non-hydrogen) atoms. The van der Waals surface area contributed by atoms with Gasteiger partial charge in [0.2, 0.25) is 0 Å². The highest BCUT2D eigenvalue weighted by atomic mass is 79.9. The van der Waals surface area contributed by atoms with Crippen molar-refractivity contribution >= 4 is 49.1 Å². The molecule has 4 nitrogen and oxygen atoms in total. The van der Waals surface area contributed by atoms with Crippen LogP contribution >= 0.6 is 27.3 Å². The zero-order chi connectivity index (χ0) is 22.9. The minimum atomic E-state index is -0.198. The van der Waals surface area contributed by atoms with Gasteiger partial charge in [-0.25, -0.2) is 4.98 Å². The largest absolute Gasteiger partial charge is 0.483 e. The molecule has 0 unspecified atom stereocenters. The molecule has 164 valence electrons. The third-order valence-electron chi connectivity index (χ3n) is 5.07. The molecule has 1 heterocycles. The van der Waals surface area contributed by atoms with Crippen LogP contribution in [-0.4, -0.2) is 17.5 Å². The maximum absolute atomic E-state index is 12.5. The van der Waals surface area contributed by atoms with Gasteiger partial charge in [-0.05, 0) is 72.5 Å². The van der Waals surface area contributed by atoms with E-state index >= 15 is 0 Å². The molecular formula is C26H25BrN2O2S. The number of fused-ring (bicyclic) bond motifs is 1. The Morgan fingerprint density at radius 2 is 1.81 bits per heavy atom. The highest BCUT2D eigenvalue weighted by Gasteiger charge is 2.20. The van der Waals surface area contributed by atoms with Crippen molar-refractivity contribution in [2.24, 2.45) is 0 Å². The molecule has 0 fully saturated rings. The fourth-order valence-corrected chi connectivity index (χ4v) is 4.84. The molecule has 4 aromatic rings. The number of ether oxygens (including phenoxy) is 1. The average Bonchev–Trinajstić information content (AvgIpc) is 3.16. The van der Waals surface area contributed by atoms with Gasteiger partial charge in [-0.2, -0.15) is 0 Å². The predicted octanol–water partition coefficient (Wildman–Crippen LogP) is 7.35. The van der Waals surface area contributed by atoms with Gasteiger partial charge in [-0.3, -0.25) is 4.79 Å². The van der Waals surface area contributed by atoms with Crippen LogP contribution in [0.2, 0.25) is 0 Å². The highest BCUT2D eigenvalue weighted by molar-refractivity contribution is 9.10. The lowest BCUT2D eigenvalue weighted by Gasteiger charge is -2.23. The van der Waals surface area contributed by atoms with E-state index in [9.17, 15) is 4.79 Å². The van der Waals surface area contributed by atoms with Crippen molar-refractivity contribution in [3.05, 3.63) is 76.3 Å². The van der Waals surface area contributed by atoms with Crippen LogP contribution in [0, 0.1) is 6.92 Å². The van der Waals surface area contributed by atoms with Gasteiger partial charge in [0.05, 0.1) is 10.2 Å². The molecule has 0 aliphatic heterocycles. The van der Waals surface area contributed by atoms with Crippen LogP contribution in [0.3, 0.4) is 0 Å². The Labute approximate surface area is 200 Å². The number of carbonyl (C=O) groups is 1. The van der Waals surface area contributed by atoms with Gasteiger partial charge in [0, 0.05) is 21.3 Å². The fraction of sp³-hybridized carbons (Fsp3) is 0.231. The molecule has 0 bridgehead atoms. The molecule has 1 aromatic heterocycles. The lowest BCUT2D eigenvalue weighted by molar-refractivity contribution is -0.118. The first kappa shape index (κ1) is 22.5. The number of carbonyl (C=O) groups excluding carboxylic acids is 1. The molecular weight excluding hydrogens is 484 g/mol. The SMILES string of the molecule is Cc1ccc2nc(-c3ccc(NC(=O)COc4ccc(Br)cc4C(C)(C)C)cc3)sc2c1. The summed E-state index contributed by atoms with van der Waals surface area (Å²) in [6.45, 7) is 8.39. The summed E-state index contributed by atoms with van der Waals surface area (Å²) in [4.78, 5) is 17.2. The Kier molecular flexibility index (Phi) is 6.35. The number of rotatable bonds is 5. The molecule has 0 aliphatic rings. The molecule has 0 saturated heterocycles. The first-order chi connectivity index (χ1) is 15.2. The second-order valence-corrected chi connectivity index (χ2v) is 10.7. The summed E-state index contributed by atoms with van der Waals surface area (Å²) in [5.74, 6) is 0.522. The van der Waals surface area contributed by atoms with E-state index in [4.69, 9.17) is 9.72 Å². The van der Waals surface area contributed by atoms with Gasteiger partial charge >= 0.3 is 0 Å². The smallest absolute Gasteiger partial charge is 0.262 e. The Morgan fingerprint density at radius 1 is 1.06 bits per heavy atom. The molecule has 0 aliphatic carbocycles. The molecule has 6 heteroatoms. The number of benzene rings is 3. The Morgan fingerprint density at radius 3 is 2.53 bits per heavy atom. The minimum absolute atomic E-state index is 0.0519. The number of aromatic nitrogens is 1. The van der Waals surface area contributed by atoms with E-state index < -0.39 is 0 Å². The first-order valence-electron chi connectivity index (χ1n) is 10.4. The quantitative estimate of drug-likeness (QED) is 0.306. The molecule has 0 radical (unpaired) electrons. The van der Waals surface area contributed by atoms with Gasteiger partial charge in [-0.15, -0.1) is 11.3 Å². The number of hydrogen-bond donors (Lipinski definition) is 1. The number of hydrogen-bond acceptors (Lipinski definition) is 4. The van der Waals surface area contributed by atoms with Gasteiger partial charge in [0.15, 0.2) is 6.61 Å². The van der Waals surface area contributed by atoms with Gasteiger partial charge in [-0.1, -0.05) is 42.8 Å². The van der Waals surface area contributed by atoms with E-state index in [1.165, 1.54) is 10.3 Å². The van der Waals surface area contributed by atoms with Crippen LogP contribution in [0.1, 0.15) is 31.9 Å². The van der Waals surface area contributed by atoms with E-state index in [1.54, 1.807) is 11.3 Å². The number of nitrogens with one attached hydrogen (secondary N) is 1. The van der Waals surface area contributed by atoms with Crippen molar-refractivity contribution in [1.29, 1.82) is 0 Å². The normalized spacial score (nSPS) is 11.5. The van der Waals surface area contributed by atoms with Crippen molar-refractivity contribution < 1.29 is 9.53 Å². The van der Waals surface area contributed by atoms with Crippen LogP contribution in [0.15, 0.2) is 65.1 Å². The second-order valence-electron chi connectivity index (χ2n) is 8.79. The molecule has 1 amide bonds. The van der Waals surface area contributed by atoms with Crippen LogP contribution < -0.4 is 10.1 Å². The number of amides is 1. The van der Waals surface area contributed by atoms with Crippen molar-refractivity contribution in [1.82, 2.24) is 4.98 Å². The third-order valence-corrected chi connectivity index (χ3v) is 6.63. The zero-order valence-electron chi connectivity index (χ0n) is 18.5. The van der Waals surface area contributed by atoms with E-state index in [1.807, 2.05) is 42.5 Å². The number of anilines is 1. The molecule has 3 aromatic carbocycles. The number of aryl methyl sites for hydroxylation is 1. The van der Waals surface area contributed by atoms with Gasteiger partial charge in [0.1, 0.15) is 10.8 Å². The fourth-order valence-electron chi connectivity index (χ4n) is 3.41. The maximum atomic E-state index is 12.5. The average molecular weight is 509 g/mol. The molecule has 0 saturated carbocycles. The summed E-state index contributed by atoms with van der Waals surface area (Å²) in [6.07, 6.45) is 0. The van der Waals surface area contributed by atoms with Crippen molar-refractivity contribution in [2.75, 3.05) is 11.9 Å². The second kappa shape index (κ2) is 9.04. The van der Waals surface area contributed by atoms with Crippen molar-refractivity contribution in [2.45, 2.75) is 33.1 Å². The lowest BCUT2D eigenvalue weighted by atomic mass is 9.86. The Bertz CT molecular complexity index is 1270. The van der Waals surface area contributed by atoms with Crippen LogP contribution in [0.4, 0.5) is 5.69 Å². The first-order valence-corrected chi connectivity index (χ1v) is 12.0. The van der Waals surface area contributed by atoms with Crippen LogP contribution in [0.5, 0.6) is 5.75 Å². The van der Waals surface area contributed by atoms with Gasteiger partial charge < -0.3 is 10.1 Å². The number of thiazole rings is 1. The summed E-state index contributed by atoms with van der Waals surface area (Å²) in [6, 6.07) is 19.9. The summed E-state index contributed by atoms with van der Waals surface area (Å²) in [5, 5.41) is 3.87. The van der Waals surface area contributed by atoms with E-state index in [2.05, 4.69) is 67.1 Å². The predicted molar refractivity (Wildman–Crippen MR) is 137 cm³/mol. The minimum Gasteiger partial charge on any atom is -0.483 e. The van der Waals surface area contributed by atoms with E-state index in [-0.39, 0.29) is 17.9 Å². The lowest BCUT2D eigenvalue weighted by Crippen LogP contribution is -2.22. The summed E-state index contributed by atoms with van der Waals surface area (Å²) < 4.78 is 8.01. The highest BCUT2D eigenvalue weighted by Crippen LogP contribution is 2.34. The number of halogens is 1. The molecule has 0 spiro atoms. The Hall–Kier alpha value is -2.70. The van der Waals surface area contributed by atoms with E-state index in [0.717, 1.165) is 37.6 Å². The maximum Gasteiger partial charge on any atom is 0.262 e. The topological polar surface area (TPSA) is 51.2 Å². The van der Waals surface area contributed by atoms with Crippen LogP contribution in [0.25, 0.3) is 20.8 Å². The molecule has 4 rings (SSSR count). The molecule has 1 N–H and O–H groups in total. The van der Waals surface area contributed by atoms with Gasteiger partial charge in [0.25, 0.3) is 5.91 Å². The summed E-state index contributed by atoms with van der Waals surface area (Å²) in [7, 11) is 0. The summed E-state index contributed by atoms with van der Waals surface area (Å²) >= 11 is 5.18. The third kappa shape index (κ3) is 5.19. The monoisotopic (exact) mass is 508 g/mol. The number of nitrogens with zero attached hydrogens (tertiary/aromatic N) is 1. The molecule has 0 atom stereocenters. The zero-order valence-corrected chi connectivity index (χ0v) is 20.9. The summed E-state index contributed by atoms with van der Waals surface area (Å²) in [5.41, 5.74) is 4.95. The van der Waals surface area contributed by atoms with E-state index in [0.29, 0.717) is 0 Å². The van der Waals surface area contributed by atoms with Crippen molar-refractivity contribution in [3.63, 3.8) is 0 Å². The standard InChI is InChI=1S/C26H25BrN2O2S/c1-16-5-11-21-23(13-16)32-25(29-21)17-6-9-19(10-7-17)28-24(30)15-31-22-12-8-18(27)14-20(22)26(2,3)4/h5-14H,15H2,1-4H3,(H,28,30). The van der Waals surface area contributed by atoms with Crippen LogP contribution in [-0.2, 0) is 10.2 Å². The Balaban J connectivity index is 1.41.